The predicted molar refractivity (Wildman–Crippen MR) is 157 cm³/mol. The molecule has 5 rings (SSSR count). The lowest BCUT2D eigenvalue weighted by atomic mass is 9.91. The van der Waals surface area contributed by atoms with Gasteiger partial charge in [-0.25, -0.2) is 0 Å². The topological polar surface area (TPSA) is 172 Å². The molecule has 0 saturated carbocycles. The number of rotatable bonds is 2. The molecule has 0 spiro atoms. The van der Waals surface area contributed by atoms with Gasteiger partial charge in [-0.15, -0.1) is 0 Å². The SMILES string of the molecule is CC(=O)N1CCC(N2C[C@@H]3C[C@H]2C(=O)N2CCN(C(=O)CC(C)(C)C)[C@@H](C2)C(=O)NC[C@H]2O[C@@H](CC(=O)N3)[C@H](O)[C@@H]2O)CC1. The highest BCUT2D eigenvalue weighted by molar-refractivity contribution is 5.90. The molecule has 0 aromatic rings. The van der Waals surface area contributed by atoms with Gasteiger partial charge in [0.25, 0.3) is 0 Å². The molecule has 44 heavy (non-hydrogen) atoms. The lowest BCUT2D eigenvalue weighted by molar-refractivity contribution is -0.151. The Labute approximate surface area is 258 Å². The first-order valence-electron chi connectivity index (χ1n) is 15.9. The minimum Gasteiger partial charge on any atom is -0.388 e. The third-order valence-electron chi connectivity index (χ3n) is 9.69. The molecule has 7 atom stereocenters. The summed E-state index contributed by atoms with van der Waals surface area (Å²) in [7, 11) is 0. The van der Waals surface area contributed by atoms with Crippen LogP contribution < -0.4 is 10.6 Å². The van der Waals surface area contributed by atoms with Gasteiger partial charge in [0.15, 0.2) is 0 Å². The Bertz CT molecular complexity index is 1140. The predicted octanol–water partition coefficient (Wildman–Crippen LogP) is -1.96. The van der Waals surface area contributed by atoms with Gasteiger partial charge in [0, 0.05) is 64.7 Å². The molecule has 246 valence electrons. The highest BCUT2D eigenvalue weighted by atomic mass is 16.5. The van der Waals surface area contributed by atoms with Crippen molar-refractivity contribution in [3.8, 4) is 0 Å². The van der Waals surface area contributed by atoms with Crippen LogP contribution in [0.2, 0.25) is 0 Å². The molecule has 4 N–H and O–H groups in total. The van der Waals surface area contributed by atoms with Crippen molar-refractivity contribution in [2.45, 2.75) is 108 Å². The Morgan fingerprint density at radius 1 is 0.955 bits per heavy atom. The number of ether oxygens (including phenoxy) is 1. The van der Waals surface area contributed by atoms with Crippen LogP contribution in [0.4, 0.5) is 0 Å². The number of piperidine rings is 1. The Morgan fingerprint density at radius 2 is 1.64 bits per heavy atom. The van der Waals surface area contributed by atoms with Gasteiger partial charge in [-0.1, -0.05) is 20.8 Å². The first-order chi connectivity index (χ1) is 20.7. The van der Waals surface area contributed by atoms with Crippen molar-refractivity contribution in [3.63, 3.8) is 0 Å². The molecule has 5 aliphatic rings. The summed E-state index contributed by atoms with van der Waals surface area (Å²) in [5.74, 6) is -1.12. The average Bonchev–Trinajstić information content (AvgIpc) is 3.50. The van der Waals surface area contributed by atoms with E-state index in [1.165, 1.54) is 0 Å². The van der Waals surface area contributed by atoms with Gasteiger partial charge in [0.1, 0.15) is 24.4 Å². The number of hydrogen-bond donors (Lipinski definition) is 4. The fourth-order valence-electron chi connectivity index (χ4n) is 7.35. The van der Waals surface area contributed by atoms with E-state index in [9.17, 15) is 34.2 Å². The standard InChI is InChI=1S/C30H48N6O8/c1-17(37)33-7-5-19(6-8-33)36-15-18-11-20(36)29(43)34-9-10-35(25(39)13-30(2,3)4)21(16-34)28(42)31-14-23-27(41)26(40)22(44-23)12-24(38)32-18/h18-23,26-27,40-41H,5-16H2,1-4H3,(H,31,42)(H,32,38)/t18-,20-,21-,22-,23+,26-,27+/m0/s1. The van der Waals surface area contributed by atoms with E-state index in [0.717, 1.165) is 0 Å². The van der Waals surface area contributed by atoms with Crippen LogP contribution >= 0.6 is 0 Å². The van der Waals surface area contributed by atoms with Crippen LogP contribution in [0.15, 0.2) is 0 Å². The number of hydrogen-bond acceptors (Lipinski definition) is 9. The summed E-state index contributed by atoms with van der Waals surface area (Å²) in [6, 6.07) is -1.77. The number of aliphatic hydroxyl groups excluding tert-OH is 2. The molecule has 5 fully saturated rings. The Kier molecular flexibility index (Phi) is 9.55. The van der Waals surface area contributed by atoms with E-state index in [1.807, 2.05) is 20.8 Å². The number of nitrogens with one attached hydrogen (secondary N) is 2. The van der Waals surface area contributed by atoms with Crippen molar-refractivity contribution < 1.29 is 38.9 Å². The number of piperazine rings is 1. The van der Waals surface area contributed by atoms with Crippen molar-refractivity contribution >= 4 is 29.5 Å². The highest BCUT2D eigenvalue weighted by Crippen LogP contribution is 2.30. The van der Waals surface area contributed by atoms with E-state index in [0.29, 0.717) is 38.9 Å². The highest BCUT2D eigenvalue weighted by Gasteiger charge is 2.48. The summed E-state index contributed by atoms with van der Waals surface area (Å²) in [6.07, 6.45) is -2.69. The quantitative estimate of drug-likeness (QED) is 0.274. The molecule has 5 aliphatic heterocycles. The molecule has 14 nitrogen and oxygen atoms in total. The second-order valence-corrected chi connectivity index (χ2v) is 14.2. The number of carbonyl (C=O) groups is 5. The van der Waals surface area contributed by atoms with Gasteiger partial charge in [-0.2, -0.15) is 0 Å². The fraction of sp³-hybridized carbons (Fsp3) is 0.833. The Balaban J connectivity index is 1.42. The minimum atomic E-state index is -1.31. The van der Waals surface area contributed by atoms with Crippen molar-refractivity contribution in [1.82, 2.24) is 30.2 Å². The second-order valence-electron chi connectivity index (χ2n) is 14.2. The minimum absolute atomic E-state index is 0.0179. The largest absolute Gasteiger partial charge is 0.388 e. The number of nitrogens with zero attached hydrogens (tertiary/aromatic N) is 4. The van der Waals surface area contributed by atoms with Gasteiger partial charge in [0.05, 0.1) is 25.1 Å². The van der Waals surface area contributed by atoms with Crippen LogP contribution in [0, 0.1) is 5.41 Å². The molecule has 0 aromatic heterocycles. The number of aliphatic hydroxyl groups is 2. The molecule has 5 amide bonds. The van der Waals surface area contributed by atoms with Crippen LogP contribution in [-0.2, 0) is 28.7 Å². The summed E-state index contributed by atoms with van der Waals surface area (Å²) in [5, 5.41) is 27.0. The monoisotopic (exact) mass is 620 g/mol. The third kappa shape index (κ3) is 7.03. The number of amides is 5. The molecule has 6 bridgehead atoms. The van der Waals surface area contributed by atoms with Crippen molar-refractivity contribution in [1.29, 1.82) is 0 Å². The molecular formula is C30H48N6O8. The fourth-order valence-corrected chi connectivity index (χ4v) is 7.35. The Morgan fingerprint density at radius 3 is 2.30 bits per heavy atom. The number of carbonyl (C=O) groups excluding carboxylic acids is 5. The van der Waals surface area contributed by atoms with E-state index in [1.54, 1.807) is 21.6 Å². The molecular weight excluding hydrogens is 572 g/mol. The summed E-state index contributed by atoms with van der Waals surface area (Å²) in [5.41, 5.74) is -0.298. The van der Waals surface area contributed by atoms with Gasteiger partial charge in [0.2, 0.25) is 29.5 Å². The third-order valence-corrected chi connectivity index (χ3v) is 9.69. The molecule has 0 aromatic carbocycles. The van der Waals surface area contributed by atoms with Gasteiger partial charge in [-0.05, 0) is 24.7 Å². The Hall–Kier alpha value is -2.81. The zero-order valence-electron chi connectivity index (χ0n) is 26.2. The van der Waals surface area contributed by atoms with Crippen molar-refractivity contribution in [2.24, 2.45) is 5.41 Å². The summed E-state index contributed by atoms with van der Waals surface area (Å²) < 4.78 is 5.83. The zero-order valence-corrected chi connectivity index (χ0v) is 26.2. The lowest BCUT2D eigenvalue weighted by Crippen LogP contribution is -2.64. The maximum Gasteiger partial charge on any atom is 0.244 e. The molecule has 14 heteroatoms. The van der Waals surface area contributed by atoms with Crippen LogP contribution in [0.1, 0.15) is 59.8 Å². The van der Waals surface area contributed by atoms with Gasteiger partial charge in [-0.3, -0.25) is 28.9 Å². The van der Waals surface area contributed by atoms with Crippen molar-refractivity contribution in [3.05, 3.63) is 0 Å². The average molecular weight is 621 g/mol. The maximum atomic E-state index is 14.2. The zero-order chi connectivity index (χ0) is 31.9. The lowest BCUT2D eigenvalue weighted by Gasteiger charge is -2.44. The first-order valence-corrected chi connectivity index (χ1v) is 15.9. The molecule has 0 radical (unpaired) electrons. The summed E-state index contributed by atoms with van der Waals surface area (Å²) in [4.78, 5) is 73.3. The molecule has 5 heterocycles. The van der Waals surface area contributed by atoms with Crippen LogP contribution in [0.3, 0.4) is 0 Å². The van der Waals surface area contributed by atoms with E-state index in [-0.39, 0.29) is 80.1 Å². The van der Waals surface area contributed by atoms with Gasteiger partial charge >= 0.3 is 0 Å². The van der Waals surface area contributed by atoms with E-state index < -0.39 is 42.4 Å². The summed E-state index contributed by atoms with van der Waals surface area (Å²) in [6.45, 7) is 9.41. The molecule has 0 unspecified atom stereocenters. The normalized spacial score (nSPS) is 34.6. The second kappa shape index (κ2) is 12.9. The molecule has 5 saturated heterocycles. The molecule has 0 aliphatic carbocycles. The van der Waals surface area contributed by atoms with E-state index in [2.05, 4.69) is 15.5 Å². The maximum absolute atomic E-state index is 14.2. The first kappa shape index (κ1) is 32.6. The number of fused-ring (bicyclic) bond motifs is 6. The van der Waals surface area contributed by atoms with Crippen LogP contribution in [0.25, 0.3) is 0 Å². The summed E-state index contributed by atoms with van der Waals surface area (Å²) >= 11 is 0. The van der Waals surface area contributed by atoms with Crippen LogP contribution in [-0.4, -0.2) is 154 Å². The smallest absolute Gasteiger partial charge is 0.244 e. The van der Waals surface area contributed by atoms with Crippen molar-refractivity contribution in [2.75, 3.05) is 45.8 Å². The van der Waals surface area contributed by atoms with Gasteiger partial charge < -0.3 is 40.3 Å². The van der Waals surface area contributed by atoms with Crippen LogP contribution in [0.5, 0.6) is 0 Å². The van der Waals surface area contributed by atoms with E-state index >= 15 is 0 Å². The number of likely N-dealkylation sites (tertiary alicyclic amines) is 2. The van der Waals surface area contributed by atoms with E-state index in [4.69, 9.17) is 4.74 Å².